The summed E-state index contributed by atoms with van der Waals surface area (Å²) in [4.78, 5) is 13.3. The molecule has 1 aliphatic rings. The quantitative estimate of drug-likeness (QED) is 0.832. The van der Waals surface area contributed by atoms with Crippen molar-refractivity contribution in [2.75, 3.05) is 6.26 Å². The van der Waals surface area contributed by atoms with Crippen molar-refractivity contribution in [1.29, 1.82) is 0 Å². The smallest absolute Gasteiger partial charge is 0.251 e. The third kappa shape index (κ3) is 3.03. The van der Waals surface area contributed by atoms with Crippen LogP contribution in [0.25, 0.3) is 0 Å². The second-order valence-electron chi connectivity index (χ2n) is 4.64. The zero-order valence-corrected chi connectivity index (χ0v) is 11.3. The molecule has 2 nitrogen and oxygen atoms in total. The largest absolute Gasteiger partial charge is 0.349 e. The van der Waals surface area contributed by atoms with Gasteiger partial charge >= 0.3 is 0 Å². The SMILES string of the molecule is CSc1ccc(C)c(C(=O)NC2CCCC2)c1. The molecular formula is C14H19NOS. The summed E-state index contributed by atoms with van der Waals surface area (Å²) in [5.41, 5.74) is 1.88. The summed E-state index contributed by atoms with van der Waals surface area (Å²) in [5.74, 6) is 0.0882. The van der Waals surface area contributed by atoms with Crippen LogP contribution in [-0.4, -0.2) is 18.2 Å². The molecule has 1 aromatic rings. The number of hydrogen-bond donors (Lipinski definition) is 1. The fraction of sp³-hybridized carbons (Fsp3) is 0.500. The summed E-state index contributed by atoms with van der Waals surface area (Å²) in [5, 5.41) is 3.14. The van der Waals surface area contributed by atoms with E-state index in [1.54, 1.807) is 11.8 Å². The second-order valence-corrected chi connectivity index (χ2v) is 5.52. The van der Waals surface area contributed by atoms with Crippen LogP contribution in [0, 0.1) is 6.92 Å². The highest BCUT2D eigenvalue weighted by molar-refractivity contribution is 7.98. The summed E-state index contributed by atoms with van der Waals surface area (Å²) in [6.45, 7) is 1.99. The predicted molar refractivity (Wildman–Crippen MR) is 72.7 cm³/mol. The molecule has 1 saturated carbocycles. The highest BCUT2D eigenvalue weighted by Gasteiger charge is 2.18. The highest BCUT2D eigenvalue weighted by atomic mass is 32.2. The predicted octanol–water partition coefficient (Wildman–Crippen LogP) is 3.39. The van der Waals surface area contributed by atoms with E-state index < -0.39 is 0 Å². The van der Waals surface area contributed by atoms with Gasteiger partial charge in [-0.3, -0.25) is 4.79 Å². The molecule has 0 heterocycles. The molecule has 1 aromatic carbocycles. The van der Waals surface area contributed by atoms with Gasteiger partial charge in [0.1, 0.15) is 0 Å². The van der Waals surface area contributed by atoms with Crippen LogP contribution < -0.4 is 5.32 Å². The number of aryl methyl sites for hydroxylation is 1. The van der Waals surface area contributed by atoms with Crippen molar-refractivity contribution in [1.82, 2.24) is 5.32 Å². The van der Waals surface area contributed by atoms with Gasteiger partial charge in [-0.1, -0.05) is 18.9 Å². The lowest BCUT2D eigenvalue weighted by atomic mass is 10.1. The Labute approximate surface area is 107 Å². The number of rotatable bonds is 3. The number of amides is 1. The molecule has 92 valence electrons. The van der Waals surface area contributed by atoms with E-state index in [9.17, 15) is 4.79 Å². The number of carbonyl (C=O) groups excluding carboxylic acids is 1. The lowest BCUT2D eigenvalue weighted by molar-refractivity contribution is 0.0937. The van der Waals surface area contributed by atoms with E-state index in [-0.39, 0.29) is 5.91 Å². The zero-order chi connectivity index (χ0) is 12.3. The maximum absolute atomic E-state index is 12.2. The average Bonchev–Trinajstić information content (AvgIpc) is 2.82. The molecule has 3 heteroatoms. The summed E-state index contributed by atoms with van der Waals surface area (Å²) in [6, 6.07) is 6.46. The van der Waals surface area contributed by atoms with Crippen molar-refractivity contribution in [2.24, 2.45) is 0 Å². The Bertz CT molecular complexity index is 411. The van der Waals surface area contributed by atoms with Gasteiger partial charge < -0.3 is 5.32 Å². The van der Waals surface area contributed by atoms with Gasteiger partial charge in [0.05, 0.1) is 0 Å². The van der Waals surface area contributed by atoms with Crippen LogP contribution >= 0.6 is 11.8 Å². The standard InChI is InChI=1S/C14H19NOS/c1-10-7-8-12(17-2)9-13(10)14(16)15-11-5-3-4-6-11/h7-9,11H,3-6H2,1-2H3,(H,15,16). The number of carbonyl (C=O) groups is 1. The molecule has 0 bridgehead atoms. The molecule has 1 aliphatic carbocycles. The fourth-order valence-corrected chi connectivity index (χ4v) is 2.75. The Morgan fingerprint density at radius 3 is 2.71 bits per heavy atom. The molecule has 0 aliphatic heterocycles. The molecule has 0 radical (unpaired) electrons. The van der Waals surface area contributed by atoms with Gasteiger partial charge in [-0.05, 0) is 43.7 Å². The van der Waals surface area contributed by atoms with E-state index in [4.69, 9.17) is 0 Å². The molecular weight excluding hydrogens is 230 g/mol. The van der Waals surface area contributed by atoms with E-state index in [1.807, 2.05) is 25.3 Å². The van der Waals surface area contributed by atoms with Crippen LogP contribution in [0.5, 0.6) is 0 Å². The van der Waals surface area contributed by atoms with Gasteiger partial charge in [0.25, 0.3) is 5.91 Å². The van der Waals surface area contributed by atoms with E-state index >= 15 is 0 Å². The molecule has 1 amide bonds. The first-order valence-electron chi connectivity index (χ1n) is 6.16. The van der Waals surface area contributed by atoms with Crippen molar-refractivity contribution in [3.8, 4) is 0 Å². The number of nitrogens with one attached hydrogen (secondary N) is 1. The van der Waals surface area contributed by atoms with Crippen LogP contribution in [0.4, 0.5) is 0 Å². The minimum Gasteiger partial charge on any atom is -0.349 e. The molecule has 2 rings (SSSR count). The number of thioether (sulfide) groups is 1. The molecule has 0 unspecified atom stereocenters. The maximum Gasteiger partial charge on any atom is 0.251 e. The van der Waals surface area contributed by atoms with Crippen molar-refractivity contribution in [2.45, 2.75) is 43.5 Å². The number of benzene rings is 1. The first-order chi connectivity index (χ1) is 8.20. The fourth-order valence-electron chi connectivity index (χ4n) is 2.31. The summed E-state index contributed by atoms with van der Waals surface area (Å²) < 4.78 is 0. The molecule has 0 atom stereocenters. The van der Waals surface area contributed by atoms with Crippen LogP contribution in [0.3, 0.4) is 0 Å². The molecule has 1 fully saturated rings. The highest BCUT2D eigenvalue weighted by Crippen LogP contribution is 2.21. The Morgan fingerprint density at radius 1 is 1.35 bits per heavy atom. The minimum atomic E-state index is 0.0882. The molecule has 0 aromatic heterocycles. The zero-order valence-electron chi connectivity index (χ0n) is 10.5. The van der Waals surface area contributed by atoms with Crippen molar-refractivity contribution < 1.29 is 4.79 Å². The molecule has 1 N–H and O–H groups in total. The lowest BCUT2D eigenvalue weighted by Crippen LogP contribution is -2.33. The third-order valence-electron chi connectivity index (χ3n) is 3.38. The Kier molecular flexibility index (Phi) is 4.11. The van der Waals surface area contributed by atoms with Gasteiger partial charge in [-0.15, -0.1) is 11.8 Å². The van der Waals surface area contributed by atoms with Crippen molar-refractivity contribution in [3.05, 3.63) is 29.3 Å². The van der Waals surface area contributed by atoms with Gasteiger partial charge in [0.2, 0.25) is 0 Å². The van der Waals surface area contributed by atoms with Gasteiger partial charge in [0, 0.05) is 16.5 Å². The average molecular weight is 249 g/mol. The van der Waals surface area contributed by atoms with Crippen LogP contribution in [0.15, 0.2) is 23.1 Å². The summed E-state index contributed by atoms with van der Waals surface area (Å²) >= 11 is 1.67. The van der Waals surface area contributed by atoms with Crippen LogP contribution in [-0.2, 0) is 0 Å². The summed E-state index contributed by atoms with van der Waals surface area (Å²) in [6.07, 6.45) is 6.78. The van der Waals surface area contributed by atoms with Crippen LogP contribution in [0.1, 0.15) is 41.6 Å². The van der Waals surface area contributed by atoms with Crippen molar-refractivity contribution >= 4 is 17.7 Å². The van der Waals surface area contributed by atoms with Crippen molar-refractivity contribution in [3.63, 3.8) is 0 Å². The lowest BCUT2D eigenvalue weighted by Gasteiger charge is -2.13. The Morgan fingerprint density at radius 2 is 2.06 bits per heavy atom. The monoisotopic (exact) mass is 249 g/mol. The van der Waals surface area contributed by atoms with E-state index in [0.29, 0.717) is 6.04 Å². The molecule has 0 spiro atoms. The Balaban J connectivity index is 2.11. The van der Waals surface area contributed by atoms with E-state index in [0.717, 1.165) is 28.9 Å². The van der Waals surface area contributed by atoms with Gasteiger partial charge in [0.15, 0.2) is 0 Å². The first-order valence-corrected chi connectivity index (χ1v) is 7.38. The minimum absolute atomic E-state index is 0.0882. The summed E-state index contributed by atoms with van der Waals surface area (Å²) in [7, 11) is 0. The van der Waals surface area contributed by atoms with E-state index in [2.05, 4.69) is 11.4 Å². The van der Waals surface area contributed by atoms with E-state index in [1.165, 1.54) is 12.8 Å². The maximum atomic E-state index is 12.2. The molecule has 0 saturated heterocycles. The normalized spacial score (nSPS) is 16.1. The topological polar surface area (TPSA) is 29.1 Å². The second kappa shape index (κ2) is 5.58. The molecule has 17 heavy (non-hydrogen) atoms. The van der Waals surface area contributed by atoms with Crippen LogP contribution in [0.2, 0.25) is 0 Å². The number of hydrogen-bond acceptors (Lipinski definition) is 2. The third-order valence-corrected chi connectivity index (χ3v) is 4.11. The Hall–Kier alpha value is -0.960. The first kappa shape index (κ1) is 12.5. The van der Waals surface area contributed by atoms with Gasteiger partial charge in [-0.25, -0.2) is 0 Å². The van der Waals surface area contributed by atoms with Gasteiger partial charge in [-0.2, -0.15) is 0 Å².